The van der Waals surface area contributed by atoms with E-state index in [-0.39, 0.29) is 37.3 Å². The van der Waals surface area contributed by atoms with Gasteiger partial charge in [0.15, 0.2) is 17.1 Å². The van der Waals surface area contributed by atoms with Gasteiger partial charge in [-0.15, -0.1) is 0 Å². The van der Waals surface area contributed by atoms with Gasteiger partial charge in [0.25, 0.3) is 17.7 Å². The molecule has 6 aromatic rings. The van der Waals surface area contributed by atoms with Gasteiger partial charge in [0.1, 0.15) is 11.5 Å². The number of carbonyl (C=O) groups is 3. The van der Waals surface area contributed by atoms with E-state index in [1.165, 1.54) is 0 Å². The van der Waals surface area contributed by atoms with Crippen molar-refractivity contribution in [2.45, 2.75) is 51.0 Å². The average molecular weight is 814 g/mol. The number of anilines is 5. The molecule has 1 saturated heterocycles. The lowest BCUT2D eigenvalue weighted by Gasteiger charge is -2.34. The summed E-state index contributed by atoms with van der Waals surface area (Å²) in [6.07, 6.45) is -0.437. The first-order valence-electron chi connectivity index (χ1n) is 20.5. The van der Waals surface area contributed by atoms with Gasteiger partial charge >= 0.3 is 0 Å². The Bertz CT molecular complexity index is 2750. The average Bonchev–Trinajstić information content (AvgIpc) is 3.57. The third-order valence-corrected chi connectivity index (χ3v) is 12.5. The molecule has 1 spiro atoms. The Morgan fingerprint density at radius 1 is 0.639 bits per heavy atom. The number of hydrogen-bond donors (Lipinski definition) is 2. The van der Waals surface area contributed by atoms with Crippen molar-refractivity contribution in [3.63, 3.8) is 0 Å². The normalized spacial score (nSPS) is 21.5. The van der Waals surface area contributed by atoms with Crippen molar-refractivity contribution < 1.29 is 38.8 Å². The van der Waals surface area contributed by atoms with Crippen molar-refractivity contribution in [3.8, 4) is 23.0 Å². The Morgan fingerprint density at radius 3 is 1.70 bits per heavy atom. The first kappa shape index (κ1) is 38.4. The molecule has 11 nitrogen and oxygen atoms in total. The molecule has 0 saturated carbocycles. The van der Waals surface area contributed by atoms with Crippen LogP contribution in [0.1, 0.15) is 59.0 Å². The number of aliphatic hydroxyl groups excluding tert-OH is 1. The summed E-state index contributed by atoms with van der Waals surface area (Å²) >= 11 is 0. The summed E-state index contributed by atoms with van der Waals surface area (Å²) in [4.78, 5) is 48.9. The van der Waals surface area contributed by atoms with E-state index in [1.807, 2.05) is 110 Å². The molecule has 4 heterocycles. The Labute approximate surface area is 352 Å². The molecule has 4 aliphatic rings. The quantitative estimate of drug-likeness (QED) is 0.163. The fourth-order valence-electron chi connectivity index (χ4n) is 9.82. The summed E-state index contributed by atoms with van der Waals surface area (Å²) in [7, 11) is 0. The van der Waals surface area contributed by atoms with Crippen LogP contribution in [0, 0.1) is 11.8 Å². The SMILES string of the molecule is C[C@@H]1[C@@H](C(C)(C)O)[C@H](CCO)O[C@@]12C(=O)N(Cc1ccc(N3C(=O)c4ccccc4Oc4ccccc43)cc1)c1ccc(N3C(=O)c4ccccc4Oc4ccccc43)cc12. The predicted molar refractivity (Wildman–Crippen MR) is 230 cm³/mol. The van der Waals surface area contributed by atoms with Crippen LogP contribution in [0.2, 0.25) is 0 Å². The number of nitrogens with zero attached hydrogens (tertiary/aromatic N) is 3. The van der Waals surface area contributed by atoms with Crippen LogP contribution < -0.4 is 24.2 Å². The summed E-state index contributed by atoms with van der Waals surface area (Å²) in [6.45, 7) is 5.29. The standard InChI is InChI=1S/C50H43N3O8/c1-30-45(49(2,3)58)44(26-27-54)61-50(30)36-28-33(53-39-15-7-11-19-43(39)60-41-17-9-5-13-35(41)47(53)56)24-25-37(36)51(48(50)57)29-31-20-22-32(23-21-31)52-38-14-6-10-18-42(38)59-40-16-8-4-12-34(40)46(52)55/h4-25,28,30,44-45,54,58H,26-27,29H2,1-3H3/t30-,44+,45-,50+/m1/s1. The van der Waals surface area contributed by atoms with Crippen LogP contribution in [0.25, 0.3) is 0 Å². The number of amides is 3. The first-order valence-corrected chi connectivity index (χ1v) is 20.5. The van der Waals surface area contributed by atoms with Crippen molar-refractivity contribution in [3.05, 3.63) is 162 Å². The Kier molecular flexibility index (Phi) is 9.10. The number of ether oxygens (including phenoxy) is 3. The molecule has 4 aliphatic heterocycles. The third kappa shape index (κ3) is 6.02. The maximum atomic E-state index is 15.3. The van der Waals surface area contributed by atoms with Crippen LogP contribution in [0.15, 0.2) is 140 Å². The molecule has 10 rings (SSSR count). The summed E-state index contributed by atoms with van der Waals surface area (Å²) in [6, 6.07) is 42.0. The van der Waals surface area contributed by atoms with Gasteiger partial charge in [0, 0.05) is 35.4 Å². The zero-order valence-electron chi connectivity index (χ0n) is 33.8. The van der Waals surface area contributed by atoms with Gasteiger partial charge in [-0.05, 0) is 105 Å². The van der Waals surface area contributed by atoms with Gasteiger partial charge in [-0.3, -0.25) is 24.2 Å². The summed E-state index contributed by atoms with van der Waals surface area (Å²) < 4.78 is 19.4. The second kappa shape index (κ2) is 14.4. The van der Waals surface area contributed by atoms with Gasteiger partial charge in [0.05, 0.1) is 46.4 Å². The van der Waals surface area contributed by atoms with E-state index in [0.717, 1.165) is 5.56 Å². The molecule has 0 aromatic heterocycles. The molecule has 2 N–H and O–H groups in total. The number of hydrogen-bond acceptors (Lipinski definition) is 8. The lowest BCUT2D eigenvalue weighted by molar-refractivity contribution is -0.146. The fourth-order valence-corrected chi connectivity index (χ4v) is 9.82. The third-order valence-electron chi connectivity index (χ3n) is 12.5. The van der Waals surface area contributed by atoms with Crippen molar-refractivity contribution in [2.24, 2.45) is 11.8 Å². The molecule has 4 atom stereocenters. The van der Waals surface area contributed by atoms with E-state index in [2.05, 4.69) is 0 Å². The lowest BCUT2D eigenvalue weighted by Crippen LogP contribution is -2.46. The predicted octanol–water partition coefficient (Wildman–Crippen LogP) is 9.40. The first-order chi connectivity index (χ1) is 29.5. The van der Waals surface area contributed by atoms with Crippen LogP contribution in [0.5, 0.6) is 23.0 Å². The Hall–Kier alpha value is -6.79. The maximum absolute atomic E-state index is 15.3. The fraction of sp³-hybridized carbons (Fsp3) is 0.220. The number of fused-ring (bicyclic) bond motifs is 6. The second-order valence-corrected chi connectivity index (χ2v) is 16.5. The zero-order chi connectivity index (χ0) is 42.2. The highest BCUT2D eigenvalue weighted by molar-refractivity contribution is 6.16. The number of carbonyl (C=O) groups excluding carboxylic acids is 3. The molecule has 0 aliphatic carbocycles. The zero-order valence-corrected chi connectivity index (χ0v) is 33.8. The highest BCUT2D eigenvalue weighted by Gasteiger charge is 2.65. The van der Waals surface area contributed by atoms with Crippen LogP contribution in [0.3, 0.4) is 0 Å². The number of benzene rings is 6. The summed E-state index contributed by atoms with van der Waals surface area (Å²) in [5, 5.41) is 21.8. The number of rotatable bonds is 7. The molecule has 306 valence electrons. The van der Waals surface area contributed by atoms with E-state index >= 15 is 4.79 Å². The Morgan fingerprint density at radius 2 is 1.15 bits per heavy atom. The Balaban J connectivity index is 1.07. The molecule has 0 unspecified atom stereocenters. The highest BCUT2D eigenvalue weighted by Crippen LogP contribution is 2.59. The summed E-state index contributed by atoms with van der Waals surface area (Å²) in [5.41, 5.74) is 2.20. The molecule has 0 radical (unpaired) electrons. The monoisotopic (exact) mass is 813 g/mol. The van der Waals surface area contributed by atoms with Crippen molar-refractivity contribution in [1.82, 2.24) is 0 Å². The van der Waals surface area contributed by atoms with Crippen LogP contribution in [-0.2, 0) is 21.7 Å². The lowest BCUT2D eigenvalue weighted by atomic mass is 9.71. The van der Waals surface area contributed by atoms with Gasteiger partial charge in [0.2, 0.25) is 0 Å². The molecule has 0 bridgehead atoms. The largest absolute Gasteiger partial charge is 0.454 e. The van der Waals surface area contributed by atoms with E-state index in [1.54, 1.807) is 64.9 Å². The van der Waals surface area contributed by atoms with E-state index in [0.29, 0.717) is 68.1 Å². The minimum absolute atomic E-state index is 0.157. The molecule has 6 aromatic carbocycles. The number of para-hydroxylation sites is 6. The van der Waals surface area contributed by atoms with Crippen molar-refractivity contribution in [1.29, 1.82) is 0 Å². The van der Waals surface area contributed by atoms with Crippen LogP contribution in [0.4, 0.5) is 28.4 Å². The highest BCUT2D eigenvalue weighted by atomic mass is 16.5. The minimum atomic E-state index is -1.56. The molecular weight excluding hydrogens is 771 g/mol. The second-order valence-electron chi connectivity index (χ2n) is 16.5. The van der Waals surface area contributed by atoms with E-state index < -0.39 is 29.1 Å². The topological polar surface area (TPSA) is 129 Å². The molecular formula is C50H43N3O8. The van der Waals surface area contributed by atoms with E-state index in [4.69, 9.17) is 14.2 Å². The van der Waals surface area contributed by atoms with Gasteiger partial charge in [-0.2, -0.15) is 0 Å². The van der Waals surface area contributed by atoms with Crippen LogP contribution in [-0.4, -0.2) is 46.2 Å². The van der Waals surface area contributed by atoms with Crippen molar-refractivity contribution >= 4 is 46.2 Å². The molecule has 1 fully saturated rings. The smallest absolute Gasteiger partial charge is 0.266 e. The van der Waals surface area contributed by atoms with Crippen LogP contribution >= 0.6 is 0 Å². The van der Waals surface area contributed by atoms with Gasteiger partial charge in [-0.1, -0.05) is 67.6 Å². The summed E-state index contributed by atoms with van der Waals surface area (Å²) in [5.74, 6) is 0.0270. The molecule has 3 amide bonds. The maximum Gasteiger partial charge on any atom is 0.266 e. The van der Waals surface area contributed by atoms with Gasteiger partial charge in [-0.25, -0.2) is 0 Å². The van der Waals surface area contributed by atoms with Gasteiger partial charge < -0.3 is 29.3 Å². The van der Waals surface area contributed by atoms with E-state index in [9.17, 15) is 19.8 Å². The number of aliphatic hydroxyl groups is 2. The minimum Gasteiger partial charge on any atom is -0.454 e. The molecule has 11 heteroatoms. The van der Waals surface area contributed by atoms with Crippen molar-refractivity contribution in [2.75, 3.05) is 21.3 Å². The molecule has 61 heavy (non-hydrogen) atoms.